The van der Waals surface area contributed by atoms with Gasteiger partial charge in [-0.05, 0) is 59.7 Å². The van der Waals surface area contributed by atoms with Crippen LogP contribution in [0.25, 0.3) is 0 Å². The van der Waals surface area contributed by atoms with E-state index >= 15 is 0 Å². The largest absolute Gasteiger partial charge is 0.508 e. The number of benzene rings is 4. The molecule has 6 rings (SSSR count). The van der Waals surface area contributed by atoms with Gasteiger partial charge in [0.25, 0.3) is 0 Å². The Labute approximate surface area is 246 Å². The zero-order valence-electron chi connectivity index (χ0n) is 24.2. The molecule has 4 unspecified atom stereocenters. The van der Waals surface area contributed by atoms with Crippen LogP contribution in [-0.2, 0) is 9.47 Å². The maximum absolute atomic E-state index is 9.51. The Balaban J connectivity index is 0.000000169. The SMILES string of the molecule is COC1c2ccc(O)cc2OCC1c1ccc(O)cc1.COc1ccc(C2COc3cc(OC)ccc3C2OC)cc1. The Bertz CT molecular complexity index is 1470. The Morgan fingerprint density at radius 2 is 1.00 bits per heavy atom. The van der Waals surface area contributed by atoms with Crippen molar-refractivity contribution in [2.45, 2.75) is 24.0 Å². The Kier molecular flexibility index (Phi) is 9.05. The average Bonchev–Trinajstić information content (AvgIpc) is 3.04. The van der Waals surface area contributed by atoms with Gasteiger partial charge in [0.2, 0.25) is 0 Å². The number of rotatable bonds is 6. The first-order valence-corrected chi connectivity index (χ1v) is 13.7. The molecule has 0 aromatic heterocycles. The monoisotopic (exact) mass is 572 g/mol. The Hall–Kier alpha value is -4.40. The minimum atomic E-state index is -0.135. The number of ether oxygens (including phenoxy) is 6. The molecule has 0 bridgehead atoms. The third kappa shape index (κ3) is 6.10. The molecule has 8 heteroatoms. The molecule has 0 spiro atoms. The van der Waals surface area contributed by atoms with Crippen LogP contribution in [-0.4, -0.2) is 51.9 Å². The molecular weight excluding hydrogens is 536 g/mol. The number of aromatic hydroxyl groups is 2. The second kappa shape index (κ2) is 13.1. The second-order valence-electron chi connectivity index (χ2n) is 10.1. The lowest BCUT2D eigenvalue weighted by molar-refractivity contribution is 0.0426. The zero-order valence-corrected chi connectivity index (χ0v) is 24.2. The molecule has 0 saturated heterocycles. The van der Waals surface area contributed by atoms with Crippen LogP contribution in [0.4, 0.5) is 0 Å². The van der Waals surface area contributed by atoms with E-state index in [1.54, 1.807) is 52.7 Å². The Morgan fingerprint density at radius 1 is 0.548 bits per heavy atom. The normalized spacial score (nSPS) is 20.5. The van der Waals surface area contributed by atoms with Crippen molar-refractivity contribution in [1.82, 2.24) is 0 Å². The van der Waals surface area contributed by atoms with Crippen LogP contribution >= 0.6 is 0 Å². The summed E-state index contributed by atoms with van der Waals surface area (Å²) >= 11 is 0. The fourth-order valence-corrected chi connectivity index (χ4v) is 5.55. The molecule has 2 N–H and O–H groups in total. The molecule has 42 heavy (non-hydrogen) atoms. The highest BCUT2D eigenvalue weighted by atomic mass is 16.5. The summed E-state index contributed by atoms with van der Waals surface area (Å²) in [7, 11) is 6.72. The van der Waals surface area contributed by atoms with Gasteiger partial charge in [-0.1, -0.05) is 24.3 Å². The minimum Gasteiger partial charge on any atom is -0.508 e. The summed E-state index contributed by atoms with van der Waals surface area (Å²) in [6.45, 7) is 1.05. The van der Waals surface area contributed by atoms with Crippen molar-refractivity contribution in [3.8, 4) is 34.5 Å². The fraction of sp³-hybridized carbons (Fsp3) is 0.294. The third-order valence-electron chi connectivity index (χ3n) is 7.77. The first-order valence-electron chi connectivity index (χ1n) is 13.7. The van der Waals surface area contributed by atoms with Gasteiger partial charge in [0.05, 0.1) is 39.6 Å². The van der Waals surface area contributed by atoms with Crippen molar-refractivity contribution in [3.05, 3.63) is 107 Å². The molecule has 0 fully saturated rings. The van der Waals surface area contributed by atoms with Crippen molar-refractivity contribution in [3.63, 3.8) is 0 Å². The van der Waals surface area contributed by atoms with Crippen molar-refractivity contribution >= 4 is 0 Å². The van der Waals surface area contributed by atoms with E-state index in [0.29, 0.717) is 19.0 Å². The summed E-state index contributed by atoms with van der Waals surface area (Å²) in [5, 5.41) is 18.9. The second-order valence-corrected chi connectivity index (χ2v) is 10.1. The lowest BCUT2D eigenvalue weighted by Crippen LogP contribution is -2.25. The fourth-order valence-electron chi connectivity index (χ4n) is 5.55. The molecule has 0 radical (unpaired) electrons. The summed E-state index contributed by atoms with van der Waals surface area (Å²) in [6, 6.07) is 26.0. The van der Waals surface area contributed by atoms with Gasteiger partial charge < -0.3 is 38.6 Å². The minimum absolute atomic E-state index is 0.0388. The molecule has 4 aromatic rings. The standard InChI is InChI=1S/C18H20O4.C16H16O4/c1-19-13-6-4-12(5-7-13)16-11-22-17-10-14(20-2)8-9-15(17)18(16)21-3;1-19-16-13-7-6-12(18)8-15(13)20-9-14(16)10-2-4-11(17)5-3-10/h4-10,16,18H,11H2,1-3H3;2-8,14,16-18H,9H2,1H3. The summed E-state index contributed by atoms with van der Waals surface area (Å²) in [5.41, 5.74) is 4.20. The van der Waals surface area contributed by atoms with Gasteiger partial charge in [-0.3, -0.25) is 0 Å². The lowest BCUT2D eigenvalue weighted by atomic mass is 9.87. The molecule has 2 heterocycles. The van der Waals surface area contributed by atoms with E-state index in [1.165, 1.54) is 5.56 Å². The van der Waals surface area contributed by atoms with E-state index in [1.807, 2.05) is 48.5 Å². The van der Waals surface area contributed by atoms with Gasteiger partial charge in [0.1, 0.15) is 34.5 Å². The maximum atomic E-state index is 9.51. The quantitative estimate of drug-likeness (QED) is 0.269. The maximum Gasteiger partial charge on any atom is 0.128 e. The van der Waals surface area contributed by atoms with Crippen molar-refractivity contribution in [2.24, 2.45) is 0 Å². The predicted octanol–water partition coefficient (Wildman–Crippen LogP) is 6.53. The highest BCUT2D eigenvalue weighted by Gasteiger charge is 2.33. The first-order chi connectivity index (χ1) is 20.4. The van der Waals surface area contributed by atoms with Crippen LogP contribution in [0.15, 0.2) is 84.9 Å². The third-order valence-corrected chi connectivity index (χ3v) is 7.77. The van der Waals surface area contributed by atoms with Crippen LogP contribution in [0.1, 0.15) is 46.3 Å². The van der Waals surface area contributed by atoms with Crippen LogP contribution in [0.2, 0.25) is 0 Å². The highest BCUT2D eigenvalue weighted by Crippen LogP contribution is 2.45. The first kappa shape index (κ1) is 29.1. The molecule has 0 amide bonds. The molecule has 0 saturated carbocycles. The topological polar surface area (TPSA) is 95.8 Å². The number of phenols is 2. The van der Waals surface area contributed by atoms with Crippen molar-refractivity contribution in [2.75, 3.05) is 41.7 Å². The number of fused-ring (bicyclic) bond motifs is 2. The summed E-state index contributed by atoms with van der Waals surface area (Å²) < 4.78 is 33.5. The number of hydrogen-bond donors (Lipinski definition) is 2. The van der Waals surface area contributed by atoms with E-state index in [4.69, 9.17) is 28.4 Å². The van der Waals surface area contributed by atoms with Gasteiger partial charge in [-0.15, -0.1) is 0 Å². The summed E-state index contributed by atoms with van der Waals surface area (Å²) in [5.74, 6) is 3.75. The van der Waals surface area contributed by atoms with E-state index in [9.17, 15) is 10.2 Å². The summed E-state index contributed by atoms with van der Waals surface area (Å²) in [4.78, 5) is 0. The summed E-state index contributed by atoms with van der Waals surface area (Å²) in [6.07, 6.45) is -0.174. The van der Waals surface area contributed by atoms with Gasteiger partial charge in [0.15, 0.2) is 0 Å². The molecule has 2 aliphatic heterocycles. The van der Waals surface area contributed by atoms with Crippen LogP contribution in [0.3, 0.4) is 0 Å². The predicted molar refractivity (Wildman–Crippen MR) is 158 cm³/mol. The lowest BCUT2D eigenvalue weighted by Gasteiger charge is -2.33. The molecule has 4 aromatic carbocycles. The molecule has 8 nitrogen and oxygen atoms in total. The molecule has 220 valence electrons. The Morgan fingerprint density at radius 3 is 1.52 bits per heavy atom. The van der Waals surface area contributed by atoms with E-state index in [0.717, 1.165) is 33.9 Å². The van der Waals surface area contributed by atoms with Gasteiger partial charge >= 0.3 is 0 Å². The van der Waals surface area contributed by atoms with Crippen molar-refractivity contribution in [1.29, 1.82) is 0 Å². The molecule has 2 aliphatic rings. The number of phenolic OH excluding ortho intramolecular Hbond substituents is 2. The van der Waals surface area contributed by atoms with Crippen LogP contribution < -0.4 is 18.9 Å². The average molecular weight is 573 g/mol. The van der Waals surface area contributed by atoms with Crippen LogP contribution in [0, 0.1) is 0 Å². The number of methoxy groups -OCH3 is 4. The highest BCUT2D eigenvalue weighted by molar-refractivity contribution is 5.46. The van der Waals surface area contributed by atoms with E-state index < -0.39 is 0 Å². The van der Waals surface area contributed by atoms with Gasteiger partial charge in [-0.25, -0.2) is 0 Å². The smallest absolute Gasteiger partial charge is 0.128 e. The van der Waals surface area contributed by atoms with Crippen molar-refractivity contribution < 1.29 is 38.6 Å². The van der Waals surface area contributed by atoms with Gasteiger partial charge in [0, 0.05) is 49.3 Å². The molecule has 0 aliphatic carbocycles. The molecule has 4 atom stereocenters. The molecular formula is C34H36O8. The zero-order chi connectivity index (χ0) is 29.6. The van der Waals surface area contributed by atoms with E-state index in [2.05, 4.69) is 12.1 Å². The van der Waals surface area contributed by atoms with Gasteiger partial charge in [-0.2, -0.15) is 0 Å². The van der Waals surface area contributed by atoms with E-state index in [-0.39, 0.29) is 35.5 Å². The number of hydrogen-bond acceptors (Lipinski definition) is 8. The van der Waals surface area contributed by atoms with Crippen LogP contribution in [0.5, 0.6) is 34.5 Å².